The van der Waals surface area contributed by atoms with Crippen molar-refractivity contribution in [2.75, 3.05) is 20.1 Å². The van der Waals surface area contributed by atoms with E-state index in [1.807, 2.05) is 42.3 Å². The van der Waals surface area contributed by atoms with Crippen LogP contribution in [0.2, 0.25) is 0 Å². The summed E-state index contributed by atoms with van der Waals surface area (Å²) in [6.07, 6.45) is 3.02. The van der Waals surface area contributed by atoms with Crippen LogP contribution >= 0.6 is 0 Å². The van der Waals surface area contributed by atoms with Crippen LogP contribution in [0.25, 0.3) is 0 Å². The Balaban J connectivity index is 1.53. The minimum absolute atomic E-state index is 0.0778. The van der Waals surface area contributed by atoms with Gasteiger partial charge in [-0.1, -0.05) is 37.3 Å². The van der Waals surface area contributed by atoms with Crippen LogP contribution in [0.4, 0.5) is 0 Å². The van der Waals surface area contributed by atoms with Gasteiger partial charge in [-0.25, -0.2) is 0 Å². The predicted molar refractivity (Wildman–Crippen MR) is 89.5 cm³/mol. The Kier molecular flexibility index (Phi) is 4.69. The highest BCUT2D eigenvalue weighted by molar-refractivity contribution is 5.92. The lowest BCUT2D eigenvalue weighted by Crippen LogP contribution is -2.41. The van der Waals surface area contributed by atoms with Crippen LogP contribution in [0.15, 0.2) is 30.3 Å². The van der Waals surface area contributed by atoms with Crippen LogP contribution in [-0.2, 0) is 16.1 Å². The Morgan fingerprint density at radius 3 is 2.65 bits per heavy atom. The van der Waals surface area contributed by atoms with Gasteiger partial charge in [0.1, 0.15) is 0 Å². The van der Waals surface area contributed by atoms with Crippen LogP contribution < -0.4 is 0 Å². The summed E-state index contributed by atoms with van der Waals surface area (Å²) in [5.74, 6) is 0.709. The van der Waals surface area contributed by atoms with Crippen LogP contribution in [-0.4, -0.2) is 41.8 Å². The van der Waals surface area contributed by atoms with Gasteiger partial charge in [-0.2, -0.15) is 0 Å². The monoisotopic (exact) mass is 314 g/mol. The molecule has 3 rings (SSSR count). The summed E-state index contributed by atoms with van der Waals surface area (Å²) in [4.78, 5) is 28.8. The molecule has 1 aromatic carbocycles. The summed E-state index contributed by atoms with van der Waals surface area (Å²) >= 11 is 0. The van der Waals surface area contributed by atoms with Gasteiger partial charge in [0.25, 0.3) is 0 Å². The van der Waals surface area contributed by atoms with Crippen molar-refractivity contribution in [3.05, 3.63) is 35.9 Å². The van der Waals surface area contributed by atoms with Gasteiger partial charge < -0.3 is 9.80 Å². The van der Waals surface area contributed by atoms with Crippen LogP contribution in [0.1, 0.15) is 31.7 Å². The SMILES string of the molecule is CC1CCCN(C(=O)C2CC2C(=O)N(C)Cc2ccccc2)C1. The maximum Gasteiger partial charge on any atom is 0.226 e. The molecular formula is C19H26N2O2. The fraction of sp³-hybridized carbons (Fsp3) is 0.579. The Morgan fingerprint density at radius 2 is 1.96 bits per heavy atom. The van der Waals surface area contributed by atoms with Crippen LogP contribution in [0, 0.1) is 17.8 Å². The van der Waals surface area contributed by atoms with E-state index in [1.165, 1.54) is 6.42 Å². The largest absolute Gasteiger partial charge is 0.342 e. The summed E-state index contributed by atoms with van der Waals surface area (Å²) < 4.78 is 0. The van der Waals surface area contributed by atoms with E-state index in [2.05, 4.69) is 6.92 Å². The third-order valence-corrected chi connectivity index (χ3v) is 5.03. The Bertz CT molecular complexity index is 572. The number of amides is 2. The molecule has 4 heteroatoms. The first-order valence-electron chi connectivity index (χ1n) is 8.64. The number of piperidine rings is 1. The second-order valence-corrected chi connectivity index (χ2v) is 7.16. The molecule has 23 heavy (non-hydrogen) atoms. The van der Waals surface area contributed by atoms with Gasteiger partial charge in [-0.3, -0.25) is 9.59 Å². The van der Waals surface area contributed by atoms with E-state index in [1.54, 1.807) is 4.90 Å². The lowest BCUT2D eigenvalue weighted by Gasteiger charge is -2.31. The predicted octanol–water partition coefficient (Wildman–Crippen LogP) is 2.54. The molecule has 0 bridgehead atoms. The van der Waals surface area contributed by atoms with Gasteiger partial charge in [-0.15, -0.1) is 0 Å². The Hall–Kier alpha value is -1.84. The zero-order chi connectivity index (χ0) is 16.4. The van der Waals surface area contributed by atoms with Gasteiger partial charge in [-0.05, 0) is 30.7 Å². The minimum atomic E-state index is -0.103. The minimum Gasteiger partial charge on any atom is -0.342 e. The van der Waals surface area contributed by atoms with Crippen LogP contribution in [0.5, 0.6) is 0 Å². The van der Waals surface area contributed by atoms with Crippen molar-refractivity contribution in [2.24, 2.45) is 17.8 Å². The molecule has 1 saturated heterocycles. The highest BCUT2D eigenvalue weighted by atomic mass is 16.2. The number of carbonyl (C=O) groups is 2. The molecule has 3 unspecified atom stereocenters. The summed E-state index contributed by atoms with van der Waals surface area (Å²) in [5.41, 5.74) is 1.12. The molecule has 0 N–H and O–H groups in total. The summed E-state index contributed by atoms with van der Waals surface area (Å²) in [7, 11) is 1.83. The van der Waals surface area contributed by atoms with Crippen molar-refractivity contribution < 1.29 is 9.59 Å². The van der Waals surface area contributed by atoms with Crippen molar-refractivity contribution in [2.45, 2.75) is 32.7 Å². The van der Waals surface area contributed by atoms with Crippen molar-refractivity contribution in [3.8, 4) is 0 Å². The second-order valence-electron chi connectivity index (χ2n) is 7.16. The third-order valence-electron chi connectivity index (χ3n) is 5.03. The zero-order valence-corrected chi connectivity index (χ0v) is 14.1. The van der Waals surface area contributed by atoms with Gasteiger partial charge in [0.2, 0.25) is 11.8 Å². The maximum absolute atomic E-state index is 12.6. The molecule has 1 aromatic rings. The fourth-order valence-electron chi connectivity index (χ4n) is 3.58. The second kappa shape index (κ2) is 6.73. The van der Waals surface area contributed by atoms with Crippen molar-refractivity contribution in [1.29, 1.82) is 0 Å². The van der Waals surface area contributed by atoms with Gasteiger partial charge in [0, 0.05) is 26.7 Å². The molecule has 1 aliphatic carbocycles. The summed E-state index contributed by atoms with van der Waals surface area (Å²) in [6, 6.07) is 9.98. The molecule has 1 aliphatic heterocycles. The first-order valence-corrected chi connectivity index (χ1v) is 8.64. The van der Waals surface area contributed by atoms with Crippen LogP contribution in [0.3, 0.4) is 0 Å². The highest BCUT2D eigenvalue weighted by Gasteiger charge is 2.50. The molecule has 2 aliphatic rings. The molecule has 2 fully saturated rings. The molecule has 1 heterocycles. The average Bonchev–Trinajstić information content (AvgIpc) is 3.35. The van der Waals surface area contributed by atoms with E-state index in [4.69, 9.17) is 0 Å². The van der Waals surface area contributed by atoms with E-state index in [9.17, 15) is 9.59 Å². The van der Waals surface area contributed by atoms with Gasteiger partial charge >= 0.3 is 0 Å². The maximum atomic E-state index is 12.6. The number of rotatable bonds is 4. The van der Waals surface area contributed by atoms with E-state index in [0.29, 0.717) is 12.5 Å². The molecule has 0 aromatic heterocycles. The standard InChI is InChI=1S/C19H26N2O2/c1-14-7-6-10-21(12-14)19(23)17-11-16(17)18(22)20(2)13-15-8-4-3-5-9-15/h3-5,8-9,14,16-17H,6-7,10-13H2,1-2H3. The van der Waals surface area contributed by atoms with E-state index in [0.717, 1.165) is 31.5 Å². The number of hydrogen-bond acceptors (Lipinski definition) is 2. The first-order chi connectivity index (χ1) is 11.1. The lowest BCUT2D eigenvalue weighted by atomic mass is 10.00. The van der Waals surface area contributed by atoms with Crippen molar-refractivity contribution >= 4 is 11.8 Å². The van der Waals surface area contributed by atoms with E-state index in [-0.39, 0.29) is 23.7 Å². The van der Waals surface area contributed by atoms with E-state index < -0.39 is 0 Å². The lowest BCUT2D eigenvalue weighted by molar-refractivity contribution is -0.138. The Morgan fingerprint density at radius 1 is 1.22 bits per heavy atom. The first kappa shape index (κ1) is 16.0. The van der Waals surface area contributed by atoms with Gasteiger partial charge in [0.15, 0.2) is 0 Å². The number of benzene rings is 1. The number of nitrogens with zero attached hydrogens (tertiary/aromatic N) is 2. The molecule has 2 amide bonds. The molecule has 124 valence electrons. The highest BCUT2D eigenvalue weighted by Crippen LogP contribution is 2.42. The number of hydrogen-bond donors (Lipinski definition) is 0. The van der Waals surface area contributed by atoms with E-state index >= 15 is 0 Å². The smallest absolute Gasteiger partial charge is 0.226 e. The molecule has 0 radical (unpaired) electrons. The topological polar surface area (TPSA) is 40.6 Å². The summed E-state index contributed by atoms with van der Waals surface area (Å²) in [5, 5.41) is 0. The van der Waals surface area contributed by atoms with Crippen molar-refractivity contribution in [1.82, 2.24) is 9.80 Å². The fourth-order valence-corrected chi connectivity index (χ4v) is 3.58. The quantitative estimate of drug-likeness (QED) is 0.857. The zero-order valence-electron chi connectivity index (χ0n) is 14.1. The average molecular weight is 314 g/mol. The molecule has 3 atom stereocenters. The number of carbonyl (C=O) groups excluding carboxylic acids is 2. The summed E-state index contributed by atoms with van der Waals surface area (Å²) in [6.45, 7) is 4.52. The molecular weight excluding hydrogens is 288 g/mol. The third kappa shape index (κ3) is 3.74. The number of likely N-dealkylation sites (tertiary alicyclic amines) is 1. The normalized spacial score (nSPS) is 26.7. The van der Waals surface area contributed by atoms with Gasteiger partial charge in [0.05, 0.1) is 11.8 Å². The molecule has 4 nitrogen and oxygen atoms in total. The molecule has 0 spiro atoms. The van der Waals surface area contributed by atoms with Crippen molar-refractivity contribution in [3.63, 3.8) is 0 Å². The Labute approximate surface area is 138 Å². The molecule has 1 saturated carbocycles.